The second-order valence-electron chi connectivity index (χ2n) is 8.03. The van der Waals surface area contributed by atoms with Crippen LogP contribution < -0.4 is 4.74 Å². The number of rotatable bonds is 4. The van der Waals surface area contributed by atoms with E-state index in [4.69, 9.17) is 4.74 Å². The molecule has 1 aliphatic heterocycles. The lowest BCUT2D eigenvalue weighted by atomic mass is 10.0. The van der Waals surface area contributed by atoms with E-state index in [9.17, 15) is 8.78 Å². The summed E-state index contributed by atoms with van der Waals surface area (Å²) in [5, 5.41) is 5.34. The molecule has 1 saturated heterocycles. The molecule has 0 aliphatic carbocycles. The van der Waals surface area contributed by atoms with Crippen molar-refractivity contribution in [3.63, 3.8) is 0 Å². The number of halogens is 2. The van der Waals surface area contributed by atoms with Crippen LogP contribution in [-0.2, 0) is 0 Å². The lowest BCUT2D eigenvalue weighted by Gasteiger charge is -2.28. The van der Waals surface area contributed by atoms with Gasteiger partial charge in [0.2, 0.25) is 0 Å². The Balaban J connectivity index is 1.54. The average molecular weight is 423 g/mol. The van der Waals surface area contributed by atoms with Crippen molar-refractivity contribution < 1.29 is 13.5 Å². The van der Waals surface area contributed by atoms with E-state index in [1.165, 1.54) is 13.2 Å². The fourth-order valence-corrected chi connectivity index (χ4v) is 4.30. The first-order chi connectivity index (χ1) is 15.0. The van der Waals surface area contributed by atoms with Crippen LogP contribution in [0.3, 0.4) is 0 Å². The van der Waals surface area contributed by atoms with Crippen LogP contribution in [0.15, 0.2) is 43.0 Å². The first-order valence-corrected chi connectivity index (χ1v) is 10.3. The number of nitrogens with one attached hydrogen (secondary N) is 1. The standard InChI is InChI=1S/C23H23F2N5O/c1-29-5-3-17(4-6-29)30-13-15(11-28-30)14-7-19-20(12-27-23(19)26-10-14)18-8-16(24)9-21(25)22(18)31-2/h7-13,17H,3-6H2,1-2H3,(H,26,27). The van der Waals surface area contributed by atoms with Gasteiger partial charge in [-0.25, -0.2) is 13.8 Å². The van der Waals surface area contributed by atoms with Crippen LogP contribution in [0.25, 0.3) is 33.3 Å². The van der Waals surface area contributed by atoms with Gasteiger partial charge < -0.3 is 14.6 Å². The summed E-state index contributed by atoms with van der Waals surface area (Å²) in [5.41, 5.74) is 3.45. The number of piperidine rings is 1. The topological polar surface area (TPSA) is 59.0 Å². The van der Waals surface area contributed by atoms with Crippen molar-refractivity contribution in [2.75, 3.05) is 27.2 Å². The number of aromatic amines is 1. The summed E-state index contributed by atoms with van der Waals surface area (Å²) in [6.07, 6.45) is 9.51. The van der Waals surface area contributed by atoms with Gasteiger partial charge in [-0.05, 0) is 45.1 Å². The molecule has 0 bridgehead atoms. The molecule has 1 N–H and O–H groups in total. The van der Waals surface area contributed by atoms with Gasteiger partial charge >= 0.3 is 0 Å². The summed E-state index contributed by atoms with van der Waals surface area (Å²) < 4.78 is 35.4. The number of likely N-dealkylation sites (tertiary alicyclic amines) is 1. The number of aromatic nitrogens is 4. The van der Waals surface area contributed by atoms with Crippen molar-refractivity contribution in [1.82, 2.24) is 24.6 Å². The summed E-state index contributed by atoms with van der Waals surface area (Å²) in [6, 6.07) is 4.45. The van der Waals surface area contributed by atoms with Gasteiger partial charge in [-0.3, -0.25) is 4.68 Å². The number of nitrogens with zero attached hydrogens (tertiary/aromatic N) is 4. The Kier molecular flexibility index (Phi) is 4.94. The molecule has 0 unspecified atom stereocenters. The van der Waals surface area contributed by atoms with E-state index < -0.39 is 11.6 Å². The van der Waals surface area contributed by atoms with Crippen LogP contribution >= 0.6 is 0 Å². The molecule has 3 aromatic heterocycles. The van der Waals surface area contributed by atoms with Gasteiger partial charge in [0.25, 0.3) is 0 Å². The lowest BCUT2D eigenvalue weighted by molar-refractivity contribution is 0.212. The van der Waals surface area contributed by atoms with Crippen molar-refractivity contribution in [3.05, 3.63) is 54.6 Å². The lowest BCUT2D eigenvalue weighted by Crippen LogP contribution is -2.31. The van der Waals surface area contributed by atoms with Crippen LogP contribution in [0.5, 0.6) is 5.75 Å². The van der Waals surface area contributed by atoms with Crippen molar-refractivity contribution in [3.8, 4) is 28.0 Å². The minimum atomic E-state index is -0.740. The summed E-state index contributed by atoms with van der Waals surface area (Å²) >= 11 is 0. The predicted molar refractivity (Wildman–Crippen MR) is 115 cm³/mol. The summed E-state index contributed by atoms with van der Waals surface area (Å²) in [5.74, 6) is -1.40. The molecule has 0 saturated carbocycles. The monoisotopic (exact) mass is 423 g/mol. The highest BCUT2D eigenvalue weighted by atomic mass is 19.1. The van der Waals surface area contributed by atoms with E-state index in [0.29, 0.717) is 22.8 Å². The molecule has 1 aliphatic rings. The van der Waals surface area contributed by atoms with Crippen LogP contribution in [0.2, 0.25) is 0 Å². The fraction of sp³-hybridized carbons (Fsp3) is 0.304. The number of benzene rings is 1. The fourth-order valence-electron chi connectivity index (χ4n) is 4.30. The summed E-state index contributed by atoms with van der Waals surface area (Å²) in [7, 11) is 3.51. The first kappa shape index (κ1) is 19.7. The van der Waals surface area contributed by atoms with Crippen LogP contribution in [-0.4, -0.2) is 51.9 Å². The van der Waals surface area contributed by atoms with Gasteiger partial charge in [0, 0.05) is 52.3 Å². The van der Waals surface area contributed by atoms with Gasteiger partial charge in [-0.2, -0.15) is 5.10 Å². The highest BCUT2D eigenvalue weighted by Gasteiger charge is 2.20. The molecule has 31 heavy (non-hydrogen) atoms. The first-order valence-electron chi connectivity index (χ1n) is 10.3. The van der Waals surface area contributed by atoms with Gasteiger partial charge in [-0.15, -0.1) is 0 Å². The van der Waals surface area contributed by atoms with Crippen molar-refractivity contribution >= 4 is 11.0 Å². The molecule has 160 valence electrons. The third-order valence-electron chi connectivity index (χ3n) is 6.03. The smallest absolute Gasteiger partial charge is 0.168 e. The molecule has 0 amide bonds. The van der Waals surface area contributed by atoms with E-state index in [2.05, 4.69) is 27.0 Å². The number of fused-ring (bicyclic) bond motifs is 1. The maximum atomic E-state index is 14.2. The molecule has 6 nitrogen and oxygen atoms in total. The van der Waals surface area contributed by atoms with E-state index in [0.717, 1.165) is 48.5 Å². The zero-order valence-electron chi connectivity index (χ0n) is 17.4. The minimum absolute atomic E-state index is 0.00258. The van der Waals surface area contributed by atoms with Gasteiger partial charge in [0.1, 0.15) is 11.5 Å². The summed E-state index contributed by atoms with van der Waals surface area (Å²) in [6.45, 7) is 2.12. The number of hydrogen-bond acceptors (Lipinski definition) is 4. The SMILES string of the molecule is COc1c(F)cc(F)cc1-c1c[nH]c2ncc(-c3cnn(C4CCN(C)CC4)c3)cc12. The normalized spacial score (nSPS) is 15.6. The van der Waals surface area contributed by atoms with Crippen molar-refractivity contribution in [2.24, 2.45) is 0 Å². The zero-order valence-corrected chi connectivity index (χ0v) is 17.4. The molecule has 0 radical (unpaired) electrons. The quantitative estimate of drug-likeness (QED) is 0.519. The highest BCUT2D eigenvalue weighted by molar-refractivity contribution is 5.97. The molecule has 4 aromatic rings. The number of ether oxygens (including phenoxy) is 1. The Morgan fingerprint density at radius 3 is 2.65 bits per heavy atom. The van der Waals surface area contributed by atoms with Gasteiger partial charge in [-0.1, -0.05) is 0 Å². The molecule has 4 heterocycles. The van der Waals surface area contributed by atoms with Crippen LogP contribution in [0.1, 0.15) is 18.9 Å². The maximum Gasteiger partial charge on any atom is 0.168 e. The molecular formula is C23H23F2N5O. The van der Waals surface area contributed by atoms with Gasteiger partial charge in [0.05, 0.1) is 19.3 Å². The Hall–Kier alpha value is -3.26. The number of H-pyrrole nitrogens is 1. The maximum absolute atomic E-state index is 14.2. The van der Waals surface area contributed by atoms with Crippen LogP contribution in [0, 0.1) is 11.6 Å². The third-order valence-corrected chi connectivity index (χ3v) is 6.03. The van der Waals surface area contributed by atoms with Crippen molar-refractivity contribution in [2.45, 2.75) is 18.9 Å². The molecule has 0 spiro atoms. The van der Waals surface area contributed by atoms with Gasteiger partial charge in [0.15, 0.2) is 11.6 Å². The molecule has 1 aromatic carbocycles. The molecule has 5 rings (SSSR count). The Morgan fingerprint density at radius 2 is 1.87 bits per heavy atom. The molecule has 0 atom stereocenters. The number of methoxy groups -OCH3 is 1. The molecule has 1 fully saturated rings. The Morgan fingerprint density at radius 1 is 1.06 bits per heavy atom. The highest BCUT2D eigenvalue weighted by Crippen LogP contribution is 2.38. The second kappa shape index (κ2) is 7.77. The predicted octanol–water partition coefficient (Wildman–Crippen LogP) is 4.65. The van der Waals surface area contributed by atoms with E-state index in [1.54, 1.807) is 12.4 Å². The number of pyridine rings is 1. The molecular weight excluding hydrogens is 400 g/mol. The third kappa shape index (κ3) is 3.57. The van der Waals surface area contributed by atoms with Crippen LogP contribution in [0.4, 0.5) is 8.78 Å². The largest absolute Gasteiger partial charge is 0.493 e. The Bertz CT molecular complexity index is 1240. The number of hydrogen-bond donors (Lipinski definition) is 1. The van der Waals surface area contributed by atoms with E-state index in [1.807, 2.05) is 23.1 Å². The van der Waals surface area contributed by atoms with Crippen molar-refractivity contribution in [1.29, 1.82) is 0 Å². The minimum Gasteiger partial charge on any atom is -0.493 e. The molecule has 8 heteroatoms. The Labute approximate surface area is 178 Å². The summed E-state index contributed by atoms with van der Waals surface area (Å²) in [4.78, 5) is 9.92. The average Bonchev–Trinajstić information content (AvgIpc) is 3.41. The van der Waals surface area contributed by atoms with E-state index >= 15 is 0 Å². The second-order valence-corrected chi connectivity index (χ2v) is 8.03. The van der Waals surface area contributed by atoms with E-state index in [-0.39, 0.29) is 5.75 Å². The zero-order chi connectivity index (χ0) is 21.5.